The molecule has 1 atom stereocenters. The van der Waals surface area contributed by atoms with Crippen LogP contribution in [0.15, 0.2) is 38.8 Å². The maximum atomic E-state index is 6.79. The second kappa shape index (κ2) is 10.9. The molecule has 0 saturated carbocycles. The normalized spacial score (nSPS) is 16.2. The van der Waals surface area contributed by atoms with Crippen LogP contribution in [0.1, 0.15) is 65.5 Å². The van der Waals surface area contributed by atoms with E-state index in [-0.39, 0.29) is 24.8 Å². The van der Waals surface area contributed by atoms with Crippen molar-refractivity contribution in [3.05, 3.63) is 49.9 Å². The summed E-state index contributed by atoms with van der Waals surface area (Å²) >= 11 is -1.95. The van der Waals surface area contributed by atoms with E-state index < -0.39 is 17.8 Å². The molecule has 1 unspecified atom stereocenters. The van der Waals surface area contributed by atoms with Gasteiger partial charge in [0, 0.05) is 0 Å². The molecule has 2 rings (SSSR count). The first-order valence-corrected chi connectivity index (χ1v) is 11.4. The summed E-state index contributed by atoms with van der Waals surface area (Å²) in [4.78, 5) is 0. The molecule has 0 fully saturated rings. The third-order valence-electron chi connectivity index (χ3n) is 5.47. The molecule has 0 saturated heterocycles. The Morgan fingerprint density at radius 3 is 1.77 bits per heavy atom. The number of hydrogen-bond acceptors (Lipinski definition) is 1. The van der Waals surface area contributed by atoms with Crippen LogP contribution in [-0.2, 0) is 17.8 Å². The van der Waals surface area contributed by atoms with Crippen molar-refractivity contribution in [2.75, 3.05) is 0 Å². The number of allylic oxidation sites excluding steroid dienone is 4. The van der Waals surface area contributed by atoms with Crippen molar-refractivity contribution in [1.82, 2.24) is 0 Å². The molecule has 1 aliphatic rings. The van der Waals surface area contributed by atoms with E-state index in [1.54, 1.807) is 7.69 Å². The van der Waals surface area contributed by atoms with Gasteiger partial charge in [-0.3, -0.25) is 0 Å². The van der Waals surface area contributed by atoms with Gasteiger partial charge in [-0.25, -0.2) is 0 Å². The Hall–Kier alpha value is -0.336. The zero-order valence-electron chi connectivity index (χ0n) is 17.4. The van der Waals surface area contributed by atoms with Crippen LogP contribution in [0.4, 0.5) is 0 Å². The van der Waals surface area contributed by atoms with Crippen LogP contribution in [0.3, 0.4) is 0 Å². The molecule has 0 aromatic heterocycles. The number of rotatable bonds is 5. The van der Waals surface area contributed by atoms with E-state index in [4.69, 9.17) is 3.32 Å². The van der Waals surface area contributed by atoms with Crippen LogP contribution in [0.5, 0.6) is 5.75 Å². The van der Waals surface area contributed by atoms with Crippen molar-refractivity contribution < 1.29 is 21.1 Å². The fourth-order valence-corrected chi connectivity index (χ4v) is 8.05. The summed E-state index contributed by atoms with van der Waals surface area (Å²) in [6.07, 6.45) is 2.27. The number of hydrogen-bond donors (Lipinski definition) is 0. The van der Waals surface area contributed by atoms with Crippen molar-refractivity contribution in [1.29, 1.82) is 0 Å². The van der Waals surface area contributed by atoms with Crippen LogP contribution in [0.2, 0.25) is 0 Å². The molecule has 1 aromatic carbocycles. The summed E-state index contributed by atoms with van der Waals surface area (Å²) in [6, 6.07) is 6.62. The maximum Gasteiger partial charge on any atom is -0.147 e. The third kappa shape index (κ3) is 5.35. The summed E-state index contributed by atoms with van der Waals surface area (Å²) in [7, 11) is 0. The van der Waals surface area contributed by atoms with Gasteiger partial charge in [0.2, 0.25) is 0 Å². The standard InChI is InChI=1S/C9H13.C8H10O.C5H10.2ClH.Ti/c1-6-5-7(2)9(4)8(6)3;1-6-3-7(2)5-8(9)4-6;1-3-5-4-2;;;/h6H,1-4H3;3-5,9H,1-2H3;3-4H2,1-2H3;2*1H;/q;;;;;+1/p-1. The van der Waals surface area contributed by atoms with Crippen molar-refractivity contribution >= 4 is 28.6 Å². The fourth-order valence-electron chi connectivity index (χ4n) is 3.73. The first-order chi connectivity index (χ1) is 11.3. The molecule has 1 aliphatic carbocycles. The second-order valence-corrected chi connectivity index (χ2v) is 10.4. The van der Waals surface area contributed by atoms with Crippen LogP contribution in [0.25, 0.3) is 0 Å². The predicted octanol–water partition coefficient (Wildman–Crippen LogP) is 7.31. The Morgan fingerprint density at radius 2 is 1.38 bits per heavy atom. The molecule has 4 heteroatoms. The van der Waals surface area contributed by atoms with Crippen LogP contribution < -0.4 is 3.32 Å². The van der Waals surface area contributed by atoms with Gasteiger partial charge in [-0.1, -0.05) is 0 Å². The molecule has 1 aromatic rings. The smallest absolute Gasteiger partial charge is 0.147 e. The molecule has 0 bridgehead atoms. The van der Waals surface area contributed by atoms with Gasteiger partial charge in [-0.15, -0.1) is 24.8 Å². The van der Waals surface area contributed by atoms with Crippen LogP contribution in [0, 0.1) is 19.8 Å². The first-order valence-electron chi connectivity index (χ1n) is 9.17. The van der Waals surface area contributed by atoms with E-state index in [0.29, 0.717) is 5.92 Å². The summed E-state index contributed by atoms with van der Waals surface area (Å²) in [6.45, 7) is 18.1. The number of benzene rings is 1. The van der Waals surface area contributed by atoms with Gasteiger partial charge in [0.15, 0.2) is 0 Å². The minimum Gasteiger partial charge on any atom is -0.147 e. The summed E-state index contributed by atoms with van der Waals surface area (Å²) < 4.78 is 10.1. The average Bonchev–Trinajstić information content (AvgIpc) is 2.70. The van der Waals surface area contributed by atoms with Gasteiger partial charge in [-0.05, 0) is 0 Å². The second-order valence-electron chi connectivity index (χ2n) is 7.13. The molecule has 0 aliphatic heterocycles. The predicted molar refractivity (Wildman–Crippen MR) is 117 cm³/mol. The summed E-state index contributed by atoms with van der Waals surface area (Å²) in [5, 5.41) is 0. The van der Waals surface area contributed by atoms with Gasteiger partial charge >= 0.3 is 155 Å². The molecule has 1 nitrogen and oxygen atoms in total. The van der Waals surface area contributed by atoms with Crippen LogP contribution in [-0.4, -0.2) is 3.81 Å². The van der Waals surface area contributed by atoms with E-state index in [2.05, 4.69) is 73.6 Å². The molecular formula is C22H34Cl2OTi. The van der Waals surface area contributed by atoms with E-state index in [9.17, 15) is 0 Å². The summed E-state index contributed by atoms with van der Waals surface area (Å²) in [5.41, 5.74) is 7.08. The number of aryl methyl sites for hydroxylation is 2. The van der Waals surface area contributed by atoms with Crippen molar-refractivity contribution in [2.45, 2.75) is 68.2 Å². The van der Waals surface area contributed by atoms with Crippen molar-refractivity contribution in [2.24, 2.45) is 5.92 Å². The Kier molecular flexibility index (Phi) is 10.7. The van der Waals surface area contributed by atoms with Crippen molar-refractivity contribution in [3.8, 4) is 5.75 Å². The van der Waals surface area contributed by atoms with Crippen molar-refractivity contribution in [3.63, 3.8) is 0 Å². The monoisotopic (exact) mass is 432 g/mol. The molecule has 0 spiro atoms. The molecule has 146 valence electrons. The Morgan fingerprint density at radius 1 is 0.885 bits per heavy atom. The SMILES string of the molecule is CC[C](CC)=[Ti]([O]c1cc(C)cc(C)c1)[C]1=C(C)C(C)=C(C)C1C.Cl.Cl. The zero-order chi connectivity index (χ0) is 18.0. The van der Waals surface area contributed by atoms with Crippen LogP contribution >= 0.6 is 24.8 Å². The zero-order valence-corrected chi connectivity index (χ0v) is 20.6. The van der Waals surface area contributed by atoms with E-state index in [1.165, 1.54) is 27.8 Å². The average molecular weight is 433 g/mol. The third-order valence-corrected chi connectivity index (χ3v) is 10.3. The number of halogens is 2. The minimum atomic E-state index is -1.95. The minimum absolute atomic E-state index is 0. The fraction of sp³-hybridized carbons (Fsp3) is 0.500. The van der Waals surface area contributed by atoms with E-state index in [1.807, 2.05) is 0 Å². The molecular weight excluding hydrogens is 399 g/mol. The Labute approximate surface area is 178 Å². The van der Waals surface area contributed by atoms with E-state index >= 15 is 0 Å². The quantitative estimate of drug-likeness (QED) is 0.443. The van der Waals surface area contributed by atoms with Gasteiger partial charge < -0.3 is 0 Å². The summed E-state index contributed by atoms with van der Waals surface area (Å²) in [5.74, 6) is 1.61. The Bertz CT molecular complexity index is 718. The largest absolute Gasteiger partial charge is 0.147 e. The molecule has 0 heterocycles. The molecule has 0 amide bonds. The van der Waals surface area contributed by atoms with Gasteiger partial charge in [0.25, 0.3) is 0 Å². The first kappa shape index (κ1) is 25.7. The van der Waals surface area contributed by atoms with Gasteiger partial charge in [-0.2, -0.15) is 0 Å². The van der Waals surface area contributed by atoms with E-state index in [0.717, 1.165) is 18.6 Å². The molecule has 0 N–H and O–H groups in total. The topological polar surface area (TPSA) is 9.23 Å². The Balaban J connectivity index is 0.00000312. The maximum absolute atomic E-state index is 6.79. The van der Waals surface area contributed by atoms with Gasteiger partial charge in [0.1, 0.15) is 0 Å². The molecule has 26 heavy (non-hydrogen) atoms. The molecule has 0 radical (unpaired) electrons. The van der Waals surface area contributed by atoms with Gasteiger partial charge in [0.05, 0.1) is 0 Å².